The molecule has 1 heterocycles. The molecule has 0 radical (unpaired) electrons. The third kappa shape index (κ3) is 3.63. The molecule has 1 aromatic heterocycles. The Labute approximate surface area is 111 Å². The molecule has 2 rings (SSSR count). The summed E-state index contributed by atoms with van der Waals surface area (Å²) in [4.78, 5) is 3.28. The minimum atomic E-state index is 1.23. The first-order chi connectivity index (χ1) is 8.92. The van der Waals surface area contributed by atoms with Crippen LogP contribution < -0.4 is 0 Å². The van der Waals surface area contributed by atoms with Crippen LogP contribution in [-0.4, -0.2) is 4.98 Å². The molecule has 2 aromatic rings. The Kier molecular flexibility index (Phi) is 5.32. The summed E-state index contributed by atoms with van der Waals surface area (Å²) in [5.74, 6) is 0. The molecule has 0 saturated carbocycles. The topological polar surface area (TPSA) is 15.8 Å². The van der Waals surface area contributed by atoms with Crippen molar-refractivity contribution in [1.29, 1.82) is 0 Å². The summed E-state index contributed by atoms with van der Waals surface area (Å²) < 4.78 is 0. The number of benzene rings is 1. The van der Waals surface area contributed by atoms with Crippen LogP contribution in [0.3, 0.4) is 0 Å². The van der Waals surface area contributed by atoms with E-state index in [1.165, 1.54) is 67.8 Å². The fraction of sp³-hybridized carbons (Fsp3) is 0.529. The highest BCUT2D eigenvalue weighted by molar-refractivity contribution is 5.82. The monoisotopic (exact) mass is 243 g/mol. The highest BCUT2D eigenvalue weighted by Crippen LogP contribution is 2.19. The third-order valence-corrected chi connectivity index (χ3v) is 3.73. The van der Waals surface area contributed by atoms with Gasteiger partial charge in [0.2, 0.25) is 0 Å². The molecule has 0 saturated heterocycles. The standard InChI is InChI=1S/C17H25N/c1-2-3-4-5-6-7-8-10-15-11-9-12-17-16(15)13-14-18-17/h9,11-14,18H,2-8,10H2,1H3. The molecule has 18 heavy (non-hydrogen) atoms. The van der Waals surface area contributed by atoms with Crippen molar-refractivity contribution < 1.29 is 0 Å². The summed E-state index contributed by atoms with van der Waals surface area (Å²) in [5.41, 5.74) is 2.78. The molecule has 0 aliphatic carbocycles. The van der Waals surface area contributed by atoms with Crippen molar-refractivity contribution >= 4 is 10.9 Å². The van der Waals surface area contributed by atoms with Gasteiger partial charge in [-0.25, -0.2) is 0 Å². The van der Waals surface area contributed by atoms with Gasteiger partial charge in [-0.1, -0.05) is 57.6 Å². The van der Waals surface area contributed by atoms with Crippen LogP contribution in [-0.2, 0) is 6.42 Å². The first-order valence-electron chi connectivity index (χ1n) is 7.47. The zero-order chi connectivity index (χ0) is 12.6. The maximum absolute atomic E-state index is 3.28. The Morgan fingerprint density at radius 1 is 0.889 bits per heavy atom. The second kappa shape index (κ2) is 7.25. The highest BCUT2D eigenvalue weighted by Gasteiger charge is 2.01. The van der Waals surface area contributed by atoms with E-state index in [9.17, 15) is 0 Å². The van der Waals surface area contributed by atoms with Crippen LogP contribution in [0.5, 0.6) is 0 Å². The molecule has 0 amide bonds. The molecular weight excluding hydrogens is 218 g/mol. The van der Waals surface area contributed by atoms with Gasteiger partial charge in [-0.2, -0.15) is 0 Å². The van der Waals surface area contributed by atoms with Gasteiger partial charge in [-0.3, -0.25) is 0 Å². The Morgan fingerprint density at radius 2 is 1.67 bits per heavy atom. The first-order valence-corrected chi connectivity index (χ1v) is 7.47. The predicted octanol–water partition coefficient (Wildman–Crippen LogP) is 5.46. The SMILES string of the molecule is CCCCCCCCCc1cccc2[nH]ccc12. The van der Waals surface area contributed by atoms with E-state index in [4.69, 9.17) is 0 Å². The highest BCUT2D eigenvalue weighted by atomic mass is 14.7. The quantitative estimate of drug-likeness (QED) is 0.592. The van der Waals surface area contributed by atoms with Crippen molar-refractivity contribution in [3.63, 3.8) is 0 Å². The zero-order valence-corrected chi connectivity index (χ0v) is 11.5. The lowest BCUT2D eigenvalue weighted by atomic mass is 10.0. The summed E-state index contributed by atoms with van der Waals surface area (Å²) >= 11 is 0. The normalized spacial score (nSPS) is 11.2. The van der Waals surface area contributed by atoms with Crippen LogP contribution in [0.1, 0.15) is 57.4 Å². The minimum absolute atomic E-state index is 1.23. The van der Waals surface area contributed by atoms with Crippen molar-refractivity contribution in [1.82, 2.24) is 4.98 Å². The number of nitrogens with one attached hydrogen (secondary N) is 1. The average Bonchev–Trinajstić information content (AvgIpc) is 2.86. The van der Waals surface area contributed by atoms with Crippen LogP contribution >= 0.6 is 0 Å². The molecule has 0 atom stereocenters. The van der Waals surface area contributed by atoms with Gasteiger partial charge in [0, 0.05) is 17.1 Å². The molecular formula is C17H25N. The number of hydrogen-bond acceptors (Lipinski definition) is 0. The number of hydrogen-bond donors (Lipinski definition) is 1. The zero-order valence-electron chi connectivity index (χ0n) is 11.5. The van der Waals surface area contributed by atoms with E-state index in [1.807, 2.05) is 6.20 Å². The minimum Gasteiger partial charge on any atom is -0.361 e. The number of fused-ring (bicyclic) bond motifs is 1. The Morgan fingerprint density at radius 3 is 2.50 bits per heavy atom. The van der Waals surface area contributed by atoms with E-state index in [-0.39, 0.29) is 0 Å². The molecule has 1 nitrogen and oxygen atoms in total. The Hall–Kier alpha value is -1.24. The van der Waals surface area contributed by atoms with E-state index in [2.05, 4.69) is 36.2 Å². The van der Waals surface area contributed by atoms with Crippen molar-refractivity contribution in [3.8, 4) is 0 Å². The number of aromatic amines is 1. The van der Waals surface area contributed by atoms with Crippen molar-refractivity contribution in [3.05, 3.63) is 36.0 Å². The molecule has 1 N–H and O–H groups in total. The van der Waals surface area contributed by atoms with E-state index in [1.54, 1.807) is 0 Å². The maximum Gasteiger partial charge on any atom is 0.0456 e. The van der Waals surface area contributed by atoms with E-state index >= 15 is 0 Å². The number of aryl methyl sites for hydroxylation is 1. The lowest BCUT2D eigenvalue weighted by Crippen LogP contribution is -1.87. The largest absolute Gasteiger partial charge is 0.361 e. The summed E-state index contributed by atoms with van der Waals surface area (Å²) in [5, 5.41) is 1.41. The van der Waals surface area contributed by atoms with Gasteiger partial charge in [-0.05, 0) is 30.5 Å². The number of rotatable bonds is 8. The first kappa shape index (κ1) is 13.2. The number of H-pyrrole nitrogens is 1. The van der Waals surface area contributed by atoms with Crippen LogP contribution in [0.25, 0.3) is 10.9 Å². The van der Waals surface area contributed by atoms with Crippen LogP contribution in [0, 0.1) is 0 Å². The van der Waals surface area contributed by atoms with E-state index < -0.39 is 0 Å². The summed E-state index contributed by atoms with van der Waals surface area (Å²) in [7, 11) is 0. The van der Waals surface area contributed by atoms with Crippen LogP contribution in [0.15, 0.2) is 30.5 Å². The summed E-state index contributed by atoms with van der Waals surface area (Å²) in [6.07, 6.45) is 13.0. The van der Waals surface area contributed by atoms with Crippen molar-refractivity contribution in [2.24, 2.45) is 0 Å². The van der Waals surface area contributed by atoms with Gasteiger partial charge >= 0.3 is 0 Å². The number of aromatic nitrogens is 1. The van der Waals surface area contributed by atoms with E-state index in [0.717, 1.165) is 0 Å². The summed E-state index contributed by atoms with van der Waals surface area (Å²) in [6.45, 7) is 2.28. The smallest absolute Gasteiger partial charge is 0.0456 e. The van der Waals surface area contributed by atoms with Crippen molar-refractivity contribution in [2.45, 2.75) is 58.3 Å². The molecule has 0 unspecified atom stereocenters. The third-order valence-electron chi connectivity index (χ3n) is 3.73. The molecule has 0 aliphatic rings. The Balaban J connectivity index is 1.72. The van der Waals surface area contributed by atoms with Gasteiger partial charge in [-0.15, -0.1) is 0 Å². The second-order valence-corrected chi connectivity index (χ2v) is 5.23. The fourth-order valence-electron chi connectivity index (χ4n) is 2.64. The lowest BCUT2D eigenvalue weighted by molar-refractivity contribution is 0.590. The molecule has 98 valence electrons. The van der Waals surface area contributed by atoms with Gasteiger partial charge in [0.15, 0.2) is 0 Å². The molecule has 0 spiro atoms. The summed E-state index contributed by atoms with van der Waals surface area (Å²) in [6, 6.07) is 8.79. The lowest BCUT2D eigenvalue weighted by Gasteiger charge is -2.04. The maximum atomic E-state index is 3.28. The van der Waals surface area contributed by atoms with Crippen LogP contribution in [0.2, 0.25) is 0 Å². The predicted molar refractivity (Wildman–Crippen MR) is 80.0 cm³/mol. The molecule has 0 bridgehead atoms. The molecule has 1 aromatic carbocycles. The number of unbranched alkanes of at least 4 members (excludes halogenated alkanes) is 6. The van der Waals surface area contributed by atoms with Gasteiger partial charge < -0.3 is 4.98 Å². The molecule has 1 heteroatoms. The van der Waals surface area contributed by atoms with Gasteiger partial charge in [0.25, 0.3) is 0 Å². The Bertz CT molecular complexity index is 455. The second-order valence-electron chi connectivity index (χ2n) is 5.23. The molecule has 0 fully saturated rings. The van der Waals surface area contributed by atoms with Gasteiger partial charge in [0.1, 0.15) is 0 Å². The van der Waals surface area contributed by atoms with Gasteiger partial charge in [0.05, 0.1) is 0 Å². The van der Waals surface area contributed by atoms with E-state index in [0.29, 0.717) is 0 Å². The van der Waals surface area contributed by atoms with Crippen molar-refractivity contribution in [2.75, 3.05) is 0 Å². The average molecular weight is 243 g/mol. The molecule has 0 aliphatic heterocycles. The fourth-order valence-corrected chi connectivity index (χ4v) is 2.64. The van der Waals surface area contributed by atoms with Crippen LogP contribution in [0.4, 0.5) is 0 Å².